The van der Waals surface area contributed by atoms with Gasteiger partial charge in [0, 0.05) is 9.99 Å². The molecule has 1 fully saturated rings. The Balaban J connectivity index is 2.48. The lowest BCUT2D eigenvalue weighted by atomic mass is 9.92. The zero-order valence-corrected chi connectivity index (χ0v) is 11.6. The predicted molar refractivity (Wildman–Crippen MR) is 70.0 cm³/mol. The quantitative estimate of drug-likeness (QED) is 0.579. The van der Waals surface area contributed by atoms with Crippen LogP contribution in [0.1, 0.15) is 20.3 Å². The molecule has 1 heterocycles. The predicted octanol–water partition coefficient (Wildman–Crippen LogP) is 2.72. The van der Waals surface area contributed by atoms with Crippen molar-refractivity contribution in [2.24, 2.45) is 5.41 Å². The Labute approximate surface area is 112 Å². The minimum atomic E-state index is -0.672. The highest BCUT2D eigenvalue weighted by Crippen LogP contribution is 2.36. The van der Waals surface area contributed by atoms with Crippen LogP contribution in [0.5, 0.6) is 0 Å². The molecule has 0 spiro atoms. The van der Waals surface area contributed by atoms with E-state index in [9.17, 15) is 14.0 Å². The van der Waals surface area contributed by atoms with Gasteiger partial charge in [0.25, 0.3) is 0 Å². The van der Waals surface area contributed by atoms with Crippen molar-refractivity contribution in [1.82, 2.24) is 0 Å². The standard InChI is InChI=1S/C12H11FINO2/c1-12(2)6-10(16)15(11(12)17)9-4-3-7(13)5-8(9)14/h3-5H,6H2,1-2H3. The molecule has 0 atom stereocenters. The summed E-state index contributed by atoms with van der Waals surface area (Å²) in [6, 6.07) is 4.03. The van der Waals surface area contributed by atoms with Gasteiger partial charge in [-0.2, -0.15) is 0 Å². The van der Waals surface area contributed by atoms with Crippen LogP contribution in [-0.4, -0.2) is 11.8 Å². The van der Waals surface area contributed by atoms with E-state index in [1.54, 1.807) is 13.8 Å². The van der Waals surface area contributed by atoms with Gasteiger partial charge in [-0.1, -0.05) is 13.8 Å². The molecule has 2 amide bonds. The first-order valence-corrected chi connectivity index (χ1v) is 6.23. The molecule has 3 nitrogen and oxygen atoms in total. The summed E-state index contributed by atoms with van der Waals surface area (Å²) in [5, 5.41) is 0. The van der Waals surface area contributed by atoms with E-state index < -0.39 is 5.41 Å². The van der Waals surface area contributed by atoms with Gasteiger partial charge in [0.2, 0.25) is 11.8 Å². The molecule has 1 aromatic rings. The highest BCUT2D eigenvalue weighted by molar-refractivity contribution is 14.1. The van der Waals surface area contributed by atoms with E-state index in [0.717, 1.165) is 4.90 Å². The van der Waals surface area contributed by atoms with Crippen molar-refractivity contribution in [1.29, 1.82) is 0 Å². The highest BCUT2D eigenvalue weighted by Gasteiger charge is 2.45. The summed E-state index contributed by atoms with van der Waals surface area (Å²) in [5.41, 5.74) is -0.207. The third-order valence-electron chi connectivity index (χ3n) is 2.78. The zero-order valence-electron chi connectivity index (χ0n) is 9.46. The van der Waals surface area contributed by atoms with E-state index in [-0.39, 0.29) is 24.1 Å². The van der Waals surface area contributed by atoms with E-state index >= 15 is 0 Å². The molecule has 0 aliphatic carbocycles. The molecule has 1 aromatic carbocycles. The van der Waals surface area contributed by atoms with Crippen molar-refractivity contribution in [3.63, 3.8) is 0 Å². The van der Waals surface area contributed by atoms with Gasteiger partial charge < -0.3 is 0 Å². The summed E-state index contributed by atoms with van der Waals surface area (Å²) < 4.78 is 13.5. The van der Waals surface area contributed by atoms with Crippen molar-refractivity contribution >= 4 is 40.1 Å². The molecular formula is C12H11FINO2. The Morgan fingerprint density at radius 2 is 2.00 bits per heavy atom. The van der Waals surface area contributed by atoms with Crippen molar-refractivity contribution in [2.45, 2.75) is 20.3 Å². The lowest BCUT2D eigenvalue weighted by Gasteiger charge is -2.18. The van der Waals surface area contributed by atoms with Gasteiger partial charge in [0.15, 0.2) is 0 Å². The molecule has 17 heavy (non-hydrogen) atoms. The lowest BCUT2D eigenvalue weighted by molar-refractivity contribution is -0.124. The molecule has 0 N–H and O–H groups in total. The van der Waals surface area contributed by atoms with Crippen molar-refractivity contribution in [2.75, 3.05) is 4.90 Å². The first-order valence-electron chi connectivity index (χ1n) is 5.15. The largest absolute Gasteiger partial charge is 0.274 e. The van der Waals surface area contributed by atoms with E-state index in [1.807, 2.05) is 22.6 Å². The third-order valence-corrected chi connectivity index (χ3v) is 3.64. The van der Waals surface area contributed by atoms with E-state index in [2.05, 4.69) is 0 Å². The number of hydrogen-bond donors (Lipinski definition) is 0. The Morgan fingerprint density at radius 1 is 1.35 bits per heavy atom. The molecule has 1 saturated heterocycles. The van der Waals surface area contributed by atoms with Crippen LogP contribution in [0.2, 0.25) is 0 Å². The Hall–Kier alpha value is -0.980. The fourth-order valence-electron chi connectivity index (χ4n) is 1.86. The van der Waals surface area contributed by atoms with Crippen LogP contribution in [-0.2, 0) is 9.59 Å². The van der Waals surface area contributed by atoms with Crippen LogP contribution >= 0.6 is 22.6 Å². The number of anilines is 1. The first kappa shape index (κ1) is 12.5. The molecule has 0 saturated carbocycles. The molecule has 1 aliphatic rings. The second-order valence-corrected chi connectivity index (χ2v) is 5.85. The lowest BCUT2D eigenvalue weighted by Crippen LogP contribution is -2.33. The average molecular weight is 347 g/mol. The summed E-state index contributed by atoms with van der Waals surface area (Å²) in [4.78, 5) is 25.1. The number of nitrogens with zero attached hydrogens (tertiary/aromatic N) is 1. The monoisotopic (exact) mass is 347 g/mol. The second kappa shape index (κ2) is 4.04. The van der Waals surface area contributed by atoms with E-state index in [4.69, 9.17) is 0 Å². The molecule has 5 heteroatoms. The smallest absolute Gasteiger partial charge is 0.239 e. The number of rotatable bonds is 1. The maximum absolute atomic E-state index is 13.0. The van der Waals surface area contributed by atoms with Crippen LogP contribution in [0, 0.1) is 14.8 Å². The molecule has 0 unspecified atom stereocenters. The number of imide groups is 1. The Kier molecular flexibility index (Phi) is 2.97. The van der Waals surface area contributed by atoms with Crippen LogP contribution in [0.25, 0.3) is 0 Å². The van der Waals surface area contributed by atoms with Crippen molar-refractivity contribution in [3.8, 4) is 0 Å². The van der Waals surface area contributed by atoms with Gasteiger partial charge in [0.05, 0.1) is 11.1 Å². The molecule has 2 rings (SSSR count). The van der Waals surface area contributed by atoms with Gasteiger partial charge >= 0.3 is 0 Å². The maximum Gasteiger partial charge on any atom is 0.239 e. The van der Waals surface area contributed by atoms with Gasteiger partial charge in [-0.25, -0.2) is 9.29 Å². The summed E-state index contributed by atoms with van der Waals surface area (Å²) in [5.74, 6) is -0.840. The number of carbonyl (C=O) groups excluding carboxylic acids is 2. The first-order chi connectivity index (χ1) is 7.83. The molecule has 0 aromatic heterocycles. The van der Waals surface area contributed by atoms with Gasteiger partial charge in [0.1, 0.15) is 5.82 Å². The van der Waals surface area contributed by atoms with Crippen molar-refractivity contribution in [3.05, 3.63) is 27.6 Å². The Morgan fingerprint density at radius 3 is 2.47 bits per heavy atom. The normalized spacial score (nSPS) is 18.9. The van der Waals surface area contributed by atoms with Gasteiger partial charge in [-0.3, -0.25) is 9.59 Å². The summed E-state index contributed by atoms with van der Waals surface area (Å²) in [6.45, 7) is 3.48. The number of amides is 2. The summed E-state index contributed by atoms with van der Waals surface area (Å²) in [6.07, 6.45) is 0.194. The highest BCUT2D eigenvalue weighted by atomic mass is 127. The fourth-order valence-corrected chi connectivity index (χ4v) is 2.57. The molecule has 1 aliphatic heterocycles. The van der Waals surface area contributed by atoms with Crippen molar-refractivity contribution < 1.29 is 14.0 Å². The topological polar surface area (TPSA) is 37.4 Å². The number of halogens is 2. The number of benzene rings is 1. The molecular weight excluding hydrogens is 336 g/mol. The molecule has 0 bridgehead atoms. The van der Waals surface area contributed by atoms with E-state index in [0.29, 0.717) is 9.26 Å². The van der Waals surface area contributed by atoms with Crippen LogP contribution in [0.4, 0.5) is 10.1 Å². The van der Waals surface area contributed by atoms with Gasteiger partial charge in [-0.15, -0.1) is 0 Å². The minimum absolute atomic E-state index is 0.194. The summed E-state index contributed by atoms with van der Waals surface area (Å²) >= 11 is 1.92. The SMILES string of the molecule is CC1(C)CC(=O)N(c2ccc(F)cc2I)C1=O. The van der Waals surface area contributed by atoms with E-state index in [1.165, 1.54) is 18.2 Å². The third kappa shape index (κ3) is 2.08. The Bertz CT molecular complexity index is 513. The number of carbonyl (C=O) groups is 2. The minimum Gasteiger partial charge on any atom is -0.274 e. The summed E-state index contributed by atoms with van der Waals surface area (Å²) in [7, 11) is 0. The van der Waals surface area contributed by atoms with Gasteiger partial charge in [-0.05, 0) is 40.8 Å². The van der Waals surface area contributed by atoms with Crippen LogP contribution in [0.15, 0.2) is 18.2 Å². The molecule has 90 valence electrons. The average Bonchev–Trinajstić information content (AvgIpc) is 2.39. The van der Waals surface area contributed by atoms with Crippen LogP contribution in [0.3, 0.4) is 0 Å². The number of hydrogen-bond acceptors (Lipinski definition) is 2. The fraction of sp³-hybridized carbons (Fsp3) is 0.333. The second-order valence-electron chi connectivity index (χ2n) is 4.69. The molecule has 0 radical (unpaired) electrons. The maximum atomic E-state index is 13.0. The zero-order chi connectivity index (χ0) is 12.8. The van der Waals surface area contributed by atoms with Crippen LogP contribution < -0.4 is 4.90 Å².